The molecule has 6 nitrogen and oxygen atoms in total. The van der Waals surface area contributed by atoms with Gasteiger partial charge in [0.25, 0.3) is 10.0 Å². The van der Waals surface area contributed by atoms with Gasteiger partial charge in [0, 0.05) is 11.1 Å². The molecule has 0 unspecified atom stereocenters. The fraction of sp³-hybridized carbons (Fsp3) is 0.529. The molecule has 0 saturated heterocycles. The average molecular weight is 351 g/mol. The second-order valence-corrected chi connectivity index (χ2v) is 9.59. The normalized spacial score (nSPS) is 18.1. The Morgan fingerprint density at radius 3 is 2.42 bits per heavy atom. The molecule has 1 aliphatic rings. The van der Waals surface area contributed by atoms with Crippen molar-refractivity contribution in [1.82, 2.24) is 10.0 Å². The van der Waals surface area contributed by atoms with E-state index in [1.807, 2.05) is 13.8 Å². The molecule has 0 fully saturated rings. The van der Waals surface area contributed by atoms with E-state index in [-0.39, 0.29) is 34.1 Å². The predicted molar refractivity (Wildman–Crippen MR) is 94.5 cm³/mol. The van der Waals surface area contributed by atoms with Crippen molar-refractivity contribution in [1.29, 1.82) is 0 Å². The molecule has 132 valence electrons. The number of carbonyl (C=O) groups excluding carboxylic acids is 1. The second kappa shape index (κ2) is 6.20. The average Bonchev–Trinajstić information content (AvgIpc) is 2.65. The van der Waals surface area contributed by atoms with Crippen LogP contribution in [-0.2, 0) is 14.8 Å². The second-order valence-electron chi connectivity index (χ2n) is 7.94. The van der Waals surface area contributed by atoms with Crippen LogP contribution in [-0.4, -0.2) is 32.2 Å². The molecule has 0 saturated carbocycles. The summed E-state index contributed by atoms with van der Waals surface area (Å²) in [7, 11) is -3.57. The summed E-state index contributed by atoms with van der Waals surface area (Å²) in [6.45, 7) is 10.2. The molecule has 0 aliphatic carbocycles. The minimum absolute atomic E-state index is 0.0860. The first-order valence-corrected chi connectivity index (χ1v) is 9.36. The summed E-state index contributed by atoms with van der Waals surface area (Å²) in [4.78, 5) is 16.5. The van der Waals surface area contributed by atoms with Crippen LogP contribution < -0.4 is 10.0 Å². The van der Waals surface area contributed by atoms with Crippen LogP contribution in [0.2, 0.25) is 0 Å². The van der Waals surface area contributed by atoms with Crippen LogP contribution in [0.25, 0.3) is 0 Å². The van der Waals surface area contributed by atoms with E-state index in [0.29, 0.717) is 5.56 Å². The van der Waals surface area contributed by atoms with Crippen LogP contribution in [0.3, 0.4) is 0 Å². The quantitative estimate of drug-likeness (QED) is 0.870. The lowest BCUT2D eigenvalue weighted by Crippen LogP contribution is -2.46. The number of aliphatic imine (C=N–C) groups is 1. The van der Waals surface area contributed by atoms with E-state index in [2.05, 4.69) is 35.8 Å². The number of amides is 1. The molecule has 7 heteroatoms. The van der Waals surface area contributed by atoms with Crippen molar-refractivity contribution in [2.24, 2.45) is 10.4 Å². The maximum absolute atomic E-state index is 12.2. The summed E-state index contributed by atoms with van der Waals surface area (Å²) >= 11 is 0. The number of rotatable bonds is 4. The third kappa shape index (κ3) is 4.56. The van der Waals surface area contributed by atoms with Crippen molar-refractivity contribution in [3.05, 3.63) is 29.8 Å². The van der Waals surface area contributed by atoms with Gasteiger partial charge in [-0.15, -0.1) is 0 Å². The van der Waals surface area contributed by atoms with E-state index >= 15 is 0 Å². The summed E-state index contributed by atoms with van der Waals surface area (Å²) in [5.74, 6) is -0.0188. The SMILES string of the molecule is CC(C)(C)CC(C)(C)NC(=O)CN=C1NS(=O)(=O)c2ccccc21. The van der Waals surface area contributed by atoms with Gasteiger partial charge >= 0.3 is 0 Å². The van der Waals surface area contributed by atoms with Crippen LogP contribution in [0.4, 0.5) is 0 Å². The van der Waals surface area contributed by atoms with Crippen LogP contribution in [0.1, 0.15) is 46.6 Å². The molecule has 0 bridgehead atoms. The third-order valence-electron chi connectivity index (χ3n) is 3.49. The monoisotopic (exact) mass is 351 g/mol. The van der Waals surface area contributed by atoms with E-state index in [0.717, 1.165) is 6.42 Å². The van der Waals surface area contributed by atoms with E-state index in [1.54, 1.807) is 18.2 Å². The molecular weight excluding hydrogens is 326 g/mol. The Labute approximate surface area is 143 Å². The molecule has 0 aromatic heterocycles. The van der Waals surface area contributed by atoms with Gasteiger partial charge in [0.2, 0.25) is 5.91 Å². The molecular formula is C17H25N3O3S. The van der Waals surface area contributed by atoms with Gasteiger partial charge in [-0.25, -0.2) is 8.42 Å². The van der Waals surface area contributed by atoms with Gasteiger partial charge in [-0.05, 0) is 37.8 Å². The van der Waals surface area contributed by atoms with E-state index in [9.17, 15) is 13.2 Å². The Hall–Kier alpha value is -1.89. The van der Waals surface area contributed by atoms with Crippen LogP contribution in [0.5, 0.6) is 0 Å². The lowest BCUT2D eigenvalue weighted by molar-refractivity contribution is -0.121. The highest BCUT2D eigenvalue weighted by Crippen LogP contribution is 2.26. The van der Waals surface area contributed by atoms with E-state index in [1.165, 1.54) is 6.07 Å². The topological polar surface area (TPSA) is 87.6 Å². The number of sulfonamides is 1. The first kappa shape index (κ1) is 18.4. The number of hydrogen-bond donors (Lipinski definition) is 2. The summed E-state index contributed by atoms with van der Waals surface area (Å²) in [6.07, 6.45) is 0.817. The number of fused-ring (bicyclic) bond motifs is 1. The minimum atomic E-state index is -3.57. The highest BCUT2D eigenvalue weighted by Gasteiger charge is 2.31. The van der Waals surface area contributed by atoms with Gasteiger partial charge < -0.3 is 5.32 Å². The first-order valence-electron chi connectivity index (χ1n) is 7.87. The standard InChI is InChI=1S/C17H25N3O3S/c1-16(2,3)11-17(4,5)19-14(21)10-18-15-12-8-6-7-9-13(12)24(22,23)20-15/h6-9H,10-11H2,1-5H3,(H,18,20)(H,19,21). The minimum Gasteiger partial charge on any atom is -0.350 e. The van der Waals surface area contributed by atoms with Crippen molar-refractivity contribution < 1.29 is 13.2 Å². The molecule has 24 heavy (non-hydrogen) atoms. The lowest BCUT2D eigenvalue weighted by atomic mass is 9.82. The van der Waals surface area contributed by atoms with Crippen LogP contribution in [0, 0.1) is 5.41 Å². The van der Waals surface area contributed by atoms with Crippen molar-refractivity contribution >= 4 is 21.8 Å². The largest absolute Gasteiger partial charge is 0.350 e. The van der Waals surface area contributed by atoms with Gasteiger partial charge in [-0.1, -0.05) is 32.9 Å². The number of carbonyl (C=O) groups is 1. The van der Waals surface area contributed by atoms with Gasteiger partial charge in [0.15, 0.2) is 0 Å². The van der Waals surface area contributed by atoms with Gasteiger partial charge in [0.1, 0.15) is 12.4 Å². The zero-order chi connectivity index (χ0) is 18.2. The molecule has 2 N–H and O–H groups in total. The highest BCUT2D eigenvalue weighted by atomic mass is 32.2. The number of amidine groups is 1. The Morgan fingerprint density at radius 1 is 1.17 bits per heavy atom. The van der Waals surface area contributed by atoms with Crippen LogP contribution >= 0.6 is 0 Å². The van der Waals surface area contributed by atoms with Gasteiger partial charge in [0.05, 0.1) is 4.90 Å². The molecule has 1 aromatic rings. The zero-order valence-corrected chi connectivity index (χ0v) is 15.6. The van der Waals surface area contributed by atoms with Crippen molar-refractivity contribution in [3.63, 3.8) is 0 Å². The van der Waals surface area contributed by atoms with Crippen LogP contribution in [0.15, 0.2) is 34.2 Å². The Balaban J connectivity index is 2.08. The van der Waals surface area contributed by atoms with Crippen molar-refractivity contribution in [3.8, 4) is 0 Å². The molecule has 1 aromatic carbocycles. The number of nitrogens with zero attached hydrogens (tertiary/aromatic N) is 1. The maximum Gasteiger partial charge on any atom is 0.263 e. The maximum atomic E-state index is 12.2. The predicted octanol–water partition coefficient (Wildman–Crippen LogP) is 2.06. The smallest absolute Gasteiger partial charge is 0.263 e. The molecule has 1 amide bonds. The van der Waals surface area contributed by atoms with E-state index < -0.39 is 10.0 Å². The summed E-state index contributed by atoms with van der Waals surface area (Å²) < 4.78 is 26.4. The molecule has 0 radical (unpaired) electrons. The lowest BCUT2D eigenvalue weighted by Gasteiger charge is -2.33. The fourth-order valence-electron chi connectivity index (χ4n) is 3.19. The third-order valence-corrected chi connectivity index (χ3v) is 4.89. The van der Waals surface area contributed by atoms with Crippen molar-refractivity contribution in [2.75, 3.05) is 6.54 Å². The summed E-state index contributed by atoms with van der Waals surface area (Å²) in [5.41, 5.74) is 0.227. The fourth-order valence-corrected chi connectivity index (χ4v) is 4.44. The Morgan fingerprint density at radius 2 is 1.79 bits per heavy atom. The molecule has 1 aliphatic heterocycles. The van der Waals surface area contributed by atoms with Gasteiger partial charge in [-0.2, -0.15) is 0 Å². The van der Waals surface area contributed by atoms with Gasteiger partial charge in [-0.3, -0.25) is 14.5 Å². The molecule has 0 spiro atoms. The van der Waals surface area contributed by atoms with E-state index in [4.69, 9.17) is 0 Å². The van der Waals surface area contributed by atoms with Crippen molar-refractivity contribution in [2.45, 2.75) is 51.5 Å². The Kier molecular flexibility index (Phi) is 4.77. The first-order chi connectivity index (χ1) is 10.9. The number of hydrogen-bond acceptors (Lipinski definition) is 4. The molecule has 2 rings (SSSR count). The molecule has 0 atom stereocenters. The number of nitrogens with one attached hydrogen (secondary N) is 2. The Bertz CT molecular complexity index is 775. The highest BCUT2D eigenvalue weighted by molar-refractivity contribution is 7.90. The summed E-state index contributed by atoms with van der Waals surface area (Å²) in [5, 5.41) is 2.96. The summed E-state index contributed by atoms with van der Waals surface area (Å²) in [6, 6.07) is 6.59. The number of benzene rings is 1. The zero-order valence-electron chi connectivity index (χ0n) is 14.8. The molecule has 1 heterocycles.